The van der Waals surface area contributed by atoms with Crippen LogP contribution in [0.2, 0.25) is 0 Å². The molecule has 0 radical (unpaired) electrons. The van der Waals surface area contributed by atoms with Crippen LogP contribution in [0.4, 0.5) is 8.78 Å². The molecule has 2 rings (SSSR count). The Kier molecular flexibility index (Phi) is 4.85. The molecular formula is C16H18F2N2O. The Labute approximate surface area is 123 Å². The van der Waals surface area contributed by atoms with Crippen molar-refractivity contribution < 1.29 is 13.5 Å². The van der Waals surface area contributed by atoms with Gasteiger partial charge in [-0.2, -0.15) is 0 Å². The summed E-state index contributed by atoms with van der Waals surface area (Å²) in [5.74, 6) is -0.864. The Bertz CT molecular complexity index is 630. The van der Waals surface area contributed by atoms with Gasteiger partial charge in [0, 0.05) is 30.4 Å². The van der Waals surface area contributed by atoms with Crippen molar-refractivity contribution >= 4 is 0 Å². The first-order valence-corrected chi connectivity index (χ1v) is 6.78. The molecule has 0 amide bonds. The molecule has 0 saturated carbocycles. The number of hydrogen-bond acceptors (Lipinski definition) is 3. The zero-order valence-corrected chi connectivity index (χ0v) is 12.3. The number of aromatic nitrogens is 1. The van der Waals surface area contributed by atoms with Crippen LogP contribution in [0.25, 0.3) is 0 Å². The van der Waals surface area contributed by atoms with E-state index < -0.39 is 11.6 Å². The highest BCUT2D eigenvalue weighted by molar-refractivity contribution is 5.33. The third-order valence-electron chi connectivity index (χ3n) is 3.00. The van der Waals surface area contributed by atoms with Gasteiger partial charge in [-0.05, 0) is 24.6 Å². The lowest BCUT2D eigenvalue weighted by Gasteiger charge is -2.11. The molecule has 3 nitrogen and oxygen atoms in total. The maximum absolute atomic E-state index is 14.3. The molecule has 1 aromatic heterocycles. The minimum Gasteiger partial charge on any atom is -0.436 e. The average Bonchev–Trinajstić information content (AvgIpc) is 2.43. The number of nitrogens with zero attached hydrogens (tertiary/aromatic N) is 1. The molecule has 1 N–H and O–H groups in total. The first-order chi connectivity index (χ1) is 9.97. The van der Waals surface area contributed by atoms with Crippen LogP contribution < -0.4 is 10.1 Å². The largest absolute Gasteiger partial charge is 0.436 e. The maximum atomic E-state index is 14.3. The van der Waals surface area contributed by atoms with Crippen molar-refractivity contribution in [2.24, 2.45) is 0 Å². The molecule has 0 aliphatic carbocycles. The first kappa shape index (κ1) is 15.4. The topological polar surface area (TPSA) is 34.1 Å². The summed E-state index contributed by atoms with van der Waals surface area (Å²) in [5.41, 5.74) is 0.965. The fraction of sp³-hybridized carbons (Fsp3) is 0.312. The summed E-state index contributed by atoms with van der Waals surface area (Å²) in [5, 5.41) is 3.13. The summed E-state index contributed by atoms with van der Waals surface area (Å²) in [4.78, 5) is 3.87. The van der Waals surface area contributed by atoms with Gasteiger partial charge in [0.15, 0.2) is 5.82 Å². The second-order valence-electron chi connectivity index (χ2n) is 5.14. The van der Waals surface area contributed by atoms with Gasteiger partial charge in [0.1, 0.15) is 11.6 Å². The van der Waals surface area contributed by atoms with Gasteiger partial charge >= 0.3 is 0 Å². The van der Waals surface area contributed by atoms with E-state index in [0.717, 1.165) is 0 Å². The van der Waals surface area contributed by atoms with E-state index in [-0.39, 0.29) is 17.7 Å². The van der Waals surface area contributed by atoms with Crippen LogP contribution >= 0.6 is 0 Å². The molecule has 2 aromatic rings. The van der Waals surface area contributed by atoms with Crippen molar-refractivity contribution in [3.8, 4) is 11.6 Å². The van der Waals surface area contributed by atoms with Crippen molar-refractivity contribution in [3.63, 3.8) is 0 Å². The second-order valence-corrected chi connectivity index (χ2v) is 5.14. The van der Waals surface area contributed by atoms with E-state index in [1.54, 1.807) is 25.1 Å². The minimum absolute atomic E-state index is 0.152. The monoisotopic (exact) mass is 292 g/mol. The highest BCUT2D eigenvalue weighted by Crippen LogP contribution is 2.25. The number of aryl methyl sites for hydroxylation is 1. The van der Waals surface area contributed by atoms with Gasteiger partial charge in [-0.15, -0.1) is 0 Å². The molecule has 0 atom stereocenters. The molecule has 0 spiro atoms. The Morgan fingerprint density at radius 1 is 1.24 bits per heavy atom. The quantitative estimate of drug-likeness (QED) is 0.905. The molecule has 0 unspecified atom stereocenters. The summed E-state index contributed by atoms with van der Waals surface area (Å²) in [6, 6.07) is 6.21. The lowest BCUT2D eigenvalue weighted by Crippen LogP contribution is -2.22. The molecule has 21 heavy (non-hydrogen) atoms. The molecule has 1 heterocycles. The fourth-order valence-electron chi connectivity index (χ4n) is 1.73. The number of benzene rings is 1. The van der Waals surface area contributed by atoms with Crippen LogP contribution in [0.15, 0.2) is 30.5 Å². The van der Waals surface area contributed by atoms with E-state index in [1.165, 1.54) is 12.3 Å². The molecule has 5 heteroatoms. The van der Waals surface area contributed by atoms with Crippen LogP contribution in [-0.4, -0.2) is 11.0 Å². The van der Waals surface area contributed by atoms with Gasteiger partial charge in [-0.1, -0.05) is 19.9 Å². The van der Waals surface area contributed by atoms with Gasteiger partial charge in [-0.25, -0.2) is 13.8 Å². The Morgan fingerprint density at radius 3 is 2.67 bits per heavy atom. The fourth-order valence-corrected chi connectivity index (χ4v) is 1.73. The third kappa shape index (κ3) is 3.98. The van der Waals surface area contributed by atoms with Crippen LogP contribution in [-0.2, 0) is 6.54 Å². The van der Waals surface area contributed by atoms with Crippen molar-refractivity contribution in [2.75, 3.05) is 0 Å². The van der Waals surface area contributed by atoms with Crippen molar-refractivity contribution in [2.45, 2.75) is 33.4 Å². The standard InChI is InChI=1S/C16H18F2N2O/c1-10(2)20-9-12-6-7-19-16(15(12)18)21-13-5-4-11(3)14(17)8-13/h4-8,10,20H,9H2,1-3H3. The van der Waals surface area contributed by atoms with E-state index in [4.69, 9.17) is 4.74 Å². The lowest BCUT2D eigenvalue weighted by molar-refractivity contribution is 0.413. The van der Waals surface area contributed by atoms with Gasteiger partial charge in [0.25, 0.3) is 5.88 Å². The predicted molar refractivity (Wildman–Crippen MR) is 77.4 cm³/mol. The number of rotatable bonds is 5. The molecule has 0 fully saturated rings. The summed E-state index contributed by atoms with van der Waals surface area (Å²) < 4.78 is 33.1. The molecule has 0 bridgehead atoms. The van der Waals surface area contributed by atoms with Crippen LogP contribution in [0.3, 0.4) is 0 Å². The number of pyridine rings is 1. The molecule has 0 aliphatic heterocycles. The normalized spacial score (nSPS) is 11.0. The summed E-state index contributed by atoms with van der Waals surface area (Å²) in [6.07, 6.45) is 1.47. The lowest BCUT2D eigenvalue weighted by atomic mass is 10.2. The SMILES string of the molecule is Cc1ccc(Oc2nccc(CNC(C)C)c2F)cc1F. The highest BCUT2D eigenvalue weighted by Gasteiger charge is 2.12. The number of halogens is 2. The van der Waals surface area contributed by atoms with Crippen molar-refractivity contribution in [1.29, 1.82) is 0 Å². The van der Waals surface area contributed by atoms with Crippen LogP contribution in [0.5, 0.6) is 11.6 Å². The molecule has 0 aliphatic rings. The predicted octanol–water partition coefficient (Wildman–Crippen LogP) is 3.96. The van der Waals surface area contributed by atoms with Crippen LogP contribution in [0.1, 0.15) is 25.0 Å². The van der Waals surface area contributed by atoms with Gasteiger partial charge < -0.3 is 10.1 Å². The Morgan fingerprint density at radius 2 is 2.00 bits per heavy atom. The molecule has 112 valence electrons. The van der Waals surface area contributed by atoms with Crippen molar-refractivity contribution in [1.82, 2.24) is 10.3 Å². The summed E-state index contributed by atoms with van der Waals surface area (Å²) >= 11 is 0. The molecule has 1 aromatic carbocycles. The van der Waals surface area contributed by atoms with E-state index >= 15 is 0 Å². The van der Waals surface area contributed by atoms with E-state index in [1.807, 2.05) is 13.8 Å². The second kappa shape index (κ2) is 6.63. The smallest absolute Gasteiger partial charge is 0.256 e. The number of nitrogens with one attached hydrogen (secondary N) is 1. The first-order valence-electron chi connectivity index (χ1n) is 6.78. The summed E-state index contributed by atoms with van der Waals surface area (Å²) in [6.45, 7) is 5.98. The zero-order chi connectivity index (χ0) is 15.4. The Hall–Kier alpha value is -2.01. The van der Waals surface area contributed by atoms with Crippen LogP contribution in [0, 0.1) is 18.6 Å². The molecule has 0 saturated heterocycles. The Balaban J connectivity index is 2.19. The number of ether oxygens (including phenoxy) is 1. The number of hydrogen-bond donors (Lipinski definition) is 1. The molecular weight excluding hydrogens is 274 g/mol. The highest BCUT2D eigenvalue weighted by atomic mass is 19.1. The third-order valence-corrected chi connectivity index (χ3v) is 3.00. The average molecular weight is 292 g/mol. The zero-order valence-electron chi connectivity index (χ0n) is 12.3. The van der Waals surface area contributed by atoms with E-state index in [2.05, 4.69) is 10.3 Å². The van der Waals surface area contributed by atoms with E-state index in [0.29, 0.717) is 17.7 Å². The van der Waals surface area contributed by atoms with Crippen molar-refractivity contribution in [3.05, 3.63) is 53.2 Å². The minimum atomic E-state index is -0.536. The maximum Gasteiger partial charge on any atom is 0.256 e. The van der Waals surface area contributed by atoms with Gasteiger partial charge in [0.05, 0.1) is 0 Å². The van der Waals surface area contributed by atoms with E-state index in [9.17, 15) is 8.78 Å². The summed E-state index contributed by atoms with van der Waals surface area (Å²) in [7, 11) is 0. The van der Waals surface area contributed by atoms with Gasteiger partial charge in [0.2, 0.25) is 0 Å². The van der Waals surface area contributed by atoms with Gasteiger partial charge in [-0.3, -0.25) is 0 Å².